The summed E-state index contributed by atoms with van der Waals surface area (Å²) in [5.74, 6) is 0.137. The molecule has 4 heteroatoms. The summed E-state index contributed by atoms with van der Waals surface area (Å²) in [4.78, 5) is 11.6. The monoisotopic (exact) mass is 195 g/mol. The molecule has 0 atom stereocenters. The van der Waals surface area contributed by atoms with E-state index in [-0.39, 0.29) is 5.78 Å². The fourth-order valence-electron chi connectivity index (χ4n) is 1.25. The molecule has 1 aromatic rings. The van der Waals surface area contributed by atoms with Gasteiger partial charge in [0.15, 0.2) is 5.78 Å². The predicted molar refractivity (Wildman–Crippen MR) is 55.3 cm³/mol. The average molecular weight is 195 g/mol. The minimum atomic E-state index is 0.137. The van der Waals surface area contributed by atoms with Gasteiger partial charge in [-0.1, -0.05) is 13.8 Å². The molecule has 1 N–H and O–H groups in total. The van der Waals surface area contributed by atoms with Crippen molar-refractivity contribution in [1.29, 1.82) is 0 Å². The van der Waals surface area contributed by atoms with Crippen LogP contribution in [0.2, 0.25) is 0 Å². The molecule has 0 aliphatic rings. The van der Waals surface area contributed by atoms with Gasteiger partial charge in [0.2, 0.25) is 0 Å². The Bertz CT molecular complexity index is 304. The van der Waals surface area contributed by atoms with Gasteiger partial charge in [0.1, 0.15) is 5.69 Å². The SMILES string of the molecule is CC(C)NCCC(=O)c1ccnn1C. The van der Waals surface area contributed by atoms with Crippen LogP contribution in [-0.4, -0.2) is 28.2 Å². The first-order valence-corrected chi connectivity index (χ1v) is 4.86. The van der Waals surface area contributed by atoms with Gasteiger partial charge in [0.25, 0.3) is 0 Å². The third-order valence-corrected chi connectivity index (χ3v) is 2.01. The smallest absolute Gasteiger partial charge is 0.182 e. The van der Waals surface area contributed by atoms with E-state index in [1.807, 2.05) is 0 Å². The summed E-state index contributed by atoms with van der Waals surface area (Å²) < 4.78 is 1.61. The largest absolute Gasteiger partial charge is 0.314 e. The molecule has 1 rings (SSSR count). The number of aryl methyl sites for hydroxylation is 1. The van der Waals surface area contributed by atoms with E-state index in [1.165, 1.54) is 0 Å². The molecule has 0 unspecified atom stereocenters. The molecule has 0 fully saturated rings. The highest BCUT2D eigenvalue weighted by Gasteiger charge is 2.08. The van der Waals surface area contributed by atoms with Crippen LogP contribution < -0.4 is 5.32 Å². The van der Waals surface area contributed by atoms with Crippen LogP contribution in [0, 0.1) is 0 Å². The van der Waals surface area contributed by atoms with Gasteiger partial charge in [-0.3, -0.25) is 9.48 Å². The van der Waals surface area contributed by atoms with Gasteiger partial charge in [-0.2, -0.15) is 5.10 Å². The maximum Gasteiger partial charge on any atom is 0.182 e. The molecule has 0 saturated carbocycles. The summed E-state index contributed by atoms with van der Waals surface area (Å²) in [6.07, 6.45) is 2.17. The molecule has 1 aromatic heterocycles. The fraction of sp³-hybridized carbons (Fsp3) is 0.600. The van der Waals surface area contributed by atoms with Gasteiger partial charge < -0.3 is 5.32 Å². The lowest BCUT2D eigenvalue weighted by Crippen LogP contribution is -2.25. The molecule has 0 aromatic carbocycles. The summed E-state index contributed by atoms with van der Waals surface area (Å²) in [6, 6.07) is 2.17. The van der Waals surface area contributed by atoms with Gasteiger partial charge in [0, 0.05) is 32.3 Å². The van der Waals surface area contributed by atoms with Crippen LogP contribution in [0.4, 0.5) is 0 Å². The molecule has 0 amide bonds. The van der Waals surface area contributed by atoms with E-state index in [0.29, 0.717) is 18.2 Å². The van der Waals surface area contributed by atoms with Gasteiger partial charge in [-0.05, 0) is 6.07 Å². The van der Waals surface area contributed by atoms with Crippen LogP contribution in [0.5, 0.6) is 0 Å². The first kappa shape index (κ1) is 10.9. The summed E-state index contributed by atoms with van der Waals surface area (Å²) in [6.45, 7) is 4.85. The van der Waals surface area contributed by atoms with Crippen LogP contribution in [0.3, 0.4) is 0 Å². The molecule has 14 heavy (non-hydrogen) atoms. The molecule has 4 nitrogen and oxygen atoms in total. The Morgan fingerprint density at radius 2 is 2.36 bits per heavy atom. The molecule has 0 bridgehead atoms. The summed E-state index contributed by atoms with van der Waals surface area (Å²) in [5.41, 5.74) is 0.676. The number of carbonyl (C=O) groups excluding carboxylic acids is 1. The lowest BCUT2D eigenvalue weighted by Gasteiger charge is -2.06. The van der Waals surface area contributed by atoms with Gasteiger partial charge in [0.05, 0.1) is 0 Å². The van der Waals surface area contributed by atoms with E-state index in [0.717, 1.165) is 6.54 Å². The highest BCUT2D eigenvalue weighted by molar-refractivity contribution is 5.94. The molecule has 0 aliphatic carbocycles. The zero-order valence-electron chi connectivity index (χ0n) is 8.95. The number of hydrogen-bond acceptors (Lipinski definition) is 3. The second-order valence-electron chi connectivity index (χ2n) is 3.62. The normalized spacial score (nSPS) is 10.9. The van der Waals surface area contributed by atoms with Crippen molar-refractivity contribution < 1.29 is 4.79 Å². The number of nitrogens with one attached hydrogen (secondary N) is 1. The minimum Gasteiger partial charge on any atom is -0.314 e. The van der Waals surface area contributed by atoms with Gasteiger partial charge in [-0.15, -0.1) is 0 Å². The maximum atomic E-state index is 11.6. The highest BCUT2D eigenvalue weighted by atomic mass is 16.1. The lowest BCUT2D eigenvalue weighted by atomic mass is 10.2. The standard InChI is InChI=1S/C10H17N3O/c1-8(2)11-6-5-10(14)9-4-7-12-13(9)3/h4,7-8,11H,5-6H2,1-3H3. The second kappa shape index (κ2) is 4.91. The number of ketones is 1. The van der Waals surface area contributed by atoms with E-state index in [2.05, 4.69) is 24.3 Å². The van der Waals surface area contributed by atoms with Gasteiger partial charge >= 0.3 is 0 Å². The van der Waals surface area contributed by atoms with Crippen molar-refractivity contribution in [3.63, 3.8) is 0 Å². The Labute approximate surface area is 84.3 Å². The highest BCUT2D eigenvalue weighted by Crippen LogP contribution is 2.00. The topological polar surface area (TPSA) is 46.9 Å². The molecular weight excluding hydrogens is 178 g/mol. The first-order chi connectivity index (χ1) is 6.61. The minimum absolute atomic E-state index is 0.137. The van der Waals surface area contributed by atoms with Crippen LogP contribution >= 0.6 is 0 Å². The Balaban J connectivity index is 2.40. The van der Waals surface area contributed by atoms with E-state index in [1.54, 1.807) is 24.0 Å². The van der Waals surface area contributed by atoms with Crippen molar-refractivity contribution in [3.8, 4) is 0 Å². The number of aromatic nitrogens is 2. The second-order valence-corrected chi connectivity index (χ2v) is 3.62. The van der Waals surface area contributed by atoms with E-state index < -0.39 is 0 Å². The molecule has 0 spiro atoms. The quantitative estimate of drug-likeness (QED) is 0.713. The Hall–Kier alpha value is -1.16. The van der Waals surface area contributed by atoms with Crippen LogP contribution in [-0.2, 0) is 7.05 Å². The molecule has 0 aliphatic heterocycles. The Morgan fingerprint density at radius 3 is 2.86 bits per heavy atom. The number of carbonyl (C=O) groups is 1. The number of nitrogens with zero attached hydrogens (tertiary/aromatic N) is 2. The summed E-state index contributed by atoms with van der Waals surface area (Å²) >= 11 is 0. The third-order valence-electron chi connectivity index (χ3n) is 2.01. The van der Waals surface area contributed by atoms with Crippen LogP contribution in [0.15, 0.2) is 12.3 Å². The maximum absolute atomic E-state index is 11.6. The predicted octanol–water partition coefficient (Wildman–Crippen LogP) is 0.991. The van der Waals surface area contributed by atoms with Crippen molar-refractivity contribution in [1.82, 2.24) is 15.1 Å². The van der Waals surface area contributed by atoms with Crippen LogP contribution in [0.1, 0.15) is 30.8 Å². The summed E-state index contributed by atoms with van der Waals surface area (Å²) in [5, 5.41) is 7.16. The van der Waals surface area contributed by atoms with Crippen molar-refractivity contribution >= 4 is 5.78 Å². The van der Waals surface area contributed by atoms with Crippen molar-refractivity contribution in [2.45, 2.75) is 26.3 Å². The number of rotatable bonds is 5. The molecule has 78 valence electrons. The van der Waals surface area contributed by atoms with Crippen molar-refractivity contribution in [2.75, 3.05) is 6.54 Å². The van der Waals surface area contributed by atoms with Crippen LogP contribution in [0.25, 0.3) is 0 Å². The first-order valence-electron chi connectivity index (χ1n) is 4.86. The molecule has 1 heterocycles. The van der Waals surface area contributed by atoms with Crippen molar-refractivity contribution in [2.24, 2.45) is 7.05 Å². The third kappa shape index (κ3) is 2.96. The zero-order valence-corrected chi connectivity index (χ0v) is 8.95. The Kier molecular flexibility index (Phi) is 3.83. The van der Waals surface area contributed by atoms with E-state index >= 15 is 0 Å². The molecule has 0 saturated heterocycles. The zero-order chi connectivity index (χ0) is 10.6. The average Bonchev–Trinajstić information content (AvgIpc) is 2.50. The summed E-state index contributed by atoms with van der Waals surface area (Å²) in [7, 11) is 1.78. The fourth-order valence-corrected chi connectivity index (χ4v) is 1.25. The lowest BCUT2D eigenvalue weighted by molar-refractivity contribution is 0.0973. The number of Topliss-reactive ketones (excluding diaryl/α,β-unsaturated/α-hetero) is 1. The van der Waals surface area contributed by atoms with E-state index in [4.69, 9.17) is 0 Å². The van der Waals surface area contributed by atoms with Crippen molar-refractivity contribution in [3.05, 3.63) is 18.0 Å². The van der Waals surface area contributed by atoms with Gasteiger partial charge in [-0.25, -0.2) is 0 Å². The Morgan fingerprint density at radius 1 is 1.64 bits per heavy atom. The molecular formula is C10H17N3O. The van der Waals surface area contributed by atoms with E-state index in [9.17, 15) is 4.79 Å². The number of hydrogen-bond donors (Lipinski definition) is 1. The molecule has 0 radical (unpaired) electrons.